The second-order valence-corrected chi connectivity index (χ2v) is 1.82. The van der Waals surface area contributed by atoms with E-state index < -0.39 is 0 Å². The Hall–Kier alpha value is -0.270. The lowest BCUT2D eigenvalue weighted by Gasteiger charge is -1.91. The smallest absolute Gasteiger partial charge is 0.233 e. The first-order valence-corrected chi connectivity index (χ1v) is 3.18. The second-order valence-electron chi connectivity index (χ2n) is 1.63. The highest BCUT2D eigenvalue weighted by atomic mass is 35.5. The fourth-order valence-corrected chi connectivity index (χ4v) is 0.645. The summed E-state index contributed by atoms with van der Waals surface area (Å²) in [5, 5.41) is 0. The van der Waals surface area contributed by atoms with Crippen molar-refractivity contribution in [1.29, 1.82) is 0 Å². The summed E-state index contributed by atoms with van der Waals surface area (Å²) in [7, 11) is 0. The average Bonchev–Trinajstić information content (AvgIpc) is 1.88. The first kappa shape index (κ1) is 12.4. The zero-order chi connectivity index (χ0) is 7.11. The molecule has 0 unspecified atom stereocenters. The summed E-state index contributed by atoms with van der Waals surface area (Å²) < 4.78 is 1.89. The molecule has 0 atom stereocenters. The summed E-state index contributed by atoms with van der Waals surface area (Å²) in [6.45, 7) is 8.70. The Morgan fingerprint density at radius 2 is 1.60 bits per heavy atom. The molecule has 0 aliphatic heterocycles. The Morgan fingerprint density at radius 3 is 1.80 bits per heavy atom. The molecule has 10 heavy (non-hydrogen) atoms. The average molecular weight is 180 g/mol. The molecular weight excluding hydrogens is 169 g/mol. The lowest BCUT2D eigenvalue weighted by atomic mass is 10.5. The second kappa shape index (κ2) is 8.73. The van der Waals surface area contributed by atoms with Crippen molar-refractivity contribution in [2.45, 2.75) is 0 Å². The highest BCUT2D eigenvalue weighted by Crippen LogP contribution is 1.77. The van der Waals surface area contributed by atoms with Crippen LogP contribution in [0.1, 0.15) is 0 Å². The summed E-state index contributed by atoms with van der Waals surface area (Å²) >= 11 is 5.43. The van der Waals surface area contributed by atoms with Gasteiger partial charge in [0, 0.05) is 0 Å². The van der Waals surface area contributed by atoms with E-state index in [0.717, 1.165) is 13.1 Å². The standard InChI is InChI=1S/C7H11ClN.ClH/c1-3-5-9(7-8)6-4-2;/h3-4,7H,1-2,5-6H2;1H/q+1;/p-1. The van der Waals surface area contributed by atoms with Gasteiger partial charge in [-0.2, -0.15) is 0 Å². The minimum Gasteiger partial charge on any atom is -1.00 e. The van der Waals surface area contributed by atoms with Crippen molar-refractivity contribution in [3.05, 3.63) is 25.3 Å². The summed E-state index contributed by atoms with van der Waals surface area (Å²) in [6.07, 6.45) is 3.59. The predicted octanol–water partition coefficient (Wildman–Crippen LogP) is -1.36. The van der Waals surface area contributed by atoms with Crippen LogP contribution in [0.4, 0.5) is 0 Å². The van der Waals surface area contributed by atoms with Gasteiger partial charge in [-0.25, -0.2) is 4.58 Å². The summed E-state index contributed by atoms with van der Waals surface area (Å²) in [5.41, 5.74) is 1.50. The van der Waals surface area contributed by atoms with Crippen molar-refractivity contribution >= 4 is 17.3 Å². The third kappa shape index (κ3) is 5.86. The van der Waals surface area contributed by atoms with Crippen LogP contribution in [-0.4, -0.2) is 23.3 Å². The number of hydrogen-bond acceptors (Lipinski definition) is 0. The Morgan fingerprint density at radius 1 is 1.20 bits per heavy atom. The minimum absolute atomic E-state index is 0. The Bertz CT molecular complexity index is 118. The molecule has 0 saturated heterocycles. The van der Waals surface area contributed by atoms with Crippen LogP contribution in [-0.2, 0) is 0 Å². The van der Waals surface area contributed by atoms with Crippen LogP contribution < -0.4 is 12.4 Å². The largest absolute Gasteiger partial charge is 1.00 e. The lowest BCUT2D eigenvalue weighted by molar-refractivity contribution is -0.500. The van der Waals surface area contributed by atoms with Crippen molar-refractivity contribution < 1.29 is 17.0 Å². The maximum atomic E-state index is 5.43. The van der Waals surface area contributed by atoms with Gasteiger partial charge < -0.3 is 12.4 Å². The molecule has 0 amide bonds. The normalized spacial score (nSPS) is 7.30. The molecule has 0 fully saturated rings. The van der Waals surface area contributed by atoms with Crippen molar-refractivity contribution in [3.63, 3.8) is 0 Å². The molecule has 0 N–H and O–H groups in total. The molecule has 1 nitrogen and oxygen atoms in total. The molecular formula is C7H11Cl2N. The molecule has 58 valence electrons. The lowest BCUT2D eigenvalue weighted by Crippen LogP contribution is -3.00. The molecule has 0 rings (SSSR count). The fraction of sp³-hybridized carbons (Fsp3) is 0.286. The maximum Gasteiger partial charge on any atom is 0.233 e. The molecule has 0 radical (unpaired) electrons. The topological polar surface area (TPSA) is 3.01 Å². The molecule has 0 spiro atoms. The van der Waals surface area contributed by atoms with Gasteiger partial charge in [0.2, 0.25) is 5.67 Å². The van der Waals surface area contributed by atoms with E-state index in [0.29, 0.717) is 0 Å². The highest BCUT2D eigenvalue weighted by molar-refractivity contribution is 6.54. The maximum absolute atomic E-state index is 5.43. The van der Waals surface area contributed by atoms with Gasteiger partial charge in [-0.3, -0.25) is 0 Å². The van der Waals surface area contributed by atoms with Gasteiger partial charge >= 0.3 is 0 Å². The summed E-state index contributed by atoms with van der Waals surface area (Å²) in [6, 6.07) is 0. The summed E-state index contributed by atoms with van der Waals surface area (Å²) in [4.78, 5) is 0. The molecule has 0 saturated carbocycles. The van der Waals surface area contributed by atoms with Crippen molar-refractivity contribution in [1.82, 2.24) is 0 Å². The highest BCUT2D eigenvalue weighted by Gasteiger charge is 1.92. The Balaban J connectivity index is 0. The Labute approximate surface area is 73.1 Å². The third-order valence-corrected chi connectivity index (χ3v) is 1.14. The fourth-order valence-electron chi connectivity index (χ4n) is 0.486. The molecule has 0 bridgehead atoms. The number of halogens is 2. The van der Waals surface area contributed by atoms with Crippen LogP contribution in [0.25, 0.3) is 0 Å². The third-order valence-electron chi connectivity index (χ3n) is 0.865. The van der Waals surface area contributed by atoms with Crippen molar-refractivity contribution in [3.8, 4) is 0 Å². The number of hydrogen-bond donors (Lipinski definition) is 0. The zero-order valence-corrected chi connectivity index (χ0v) is 7.28. The Kier molecular flexibility index (Phi) is 10.8. The molecule has 0 aliphatic carbocycles. The summed E-state index contributed by atoms with van der Waals surface area (Å²) in [5.74, 6) is 0. The predicted molar refractivity (Wildman–Crippen MR) is 42.3 cm³/mol. The van der Waals surface area contributed by atoms with Crippen LogP contribution in [0, 0.1) is 0 Å². The van der Waals surface area contributed by atoms with Crippen LogP contribution in [0.3, 0.4) is 0 Å². The van der Waals surface area contributed by atoms with Crippen LogP contribution in [0.15, 0.2) is 25.3 Å². The van der Waals surface area contributed by atoms with Gasteiger partial charge in [0.15, 0.2) is 13.1 Å². The van der Waals surface area contributed by atoms with E-state index >= 15 is 0 Å². The molecule has 0 aromatic rings. The van der Waals surface area contributed by atoms with Crippen molar-refractivity contribution in [2.24, 2.45) is 0 Å². The molecule has 3 heteroatoms. The first-order valence-electron chi connectivity index (χ1n) is 2.74. The van der Waals surface area contributed by atoms with E-state index in [1.807, 2.05) is 4.58 Å². The van der Waals surface area contributed by atoms with E-state index in [4.69, 9.17) is 11.6 Å². The van der Waals surface area contributed by atoms with Gasteiger partial charge in [0.1, 0.15) is 0 Å². The van der Waals surface area contributed by atoms with Crippen LogP contribution >= 0.6 is 11.6 Å². The van der Waals surface area contributed by atoms with Crippen LogP contribution in [0.5, 0.6) is 0 Å². The van der Waals surface area contributed by atoms with Gasteiger partial charge in [0.05, 0.1) is 0 Å². The number of rotatable bonds is 4. The molecule has 0 aliphatic rings. The monoisotopic (exact) mass is 179 g/mol. The van der Waals surface area contributed by atoms with Crippen molar-refractivity contribution in [2.75, 3.05) is 13.1 Å². The van der Waals surface area contributed by atoms with E-state index in [1.165, 1.54) is 5.67 Å². The molecule has 0 heterocycles. The van der Waals surface area contributed by atoms with Gasteiger partial charge in [-0.1, -0.05) is 13.2 Å². The van der Waals surface area contributed by atoms with Crippen LogP contribution in [0.2, 0.25) is 0 Å². The van der Waals surface area contributed by atoms with Gasteiger partial charge in [-0.05, 0) is 23.8 Å². The van der Waals surface area contributed by atoms with E-state index in [9.17, 15) is 0 Å². The first-order chi connectivity index (χ1) is 4.35. The van der Waals surface area contributed by atoms with E-state index in [2.05, 4.69) is 13.2 Å². The number of nitrogens with zero attached hydrogens (tertiary/aromatic N) is 1. The van der Waals surface area contributed by atoms with Gasteiger partial charge in [0.25, 0.3) is 0 Å². The SMILES string of the molecule is C=CC[N+](=CCl)CC=C.[Cl-]. The zero-order valence-electron chi connectivity index (χ0n) is 5.76. The minimum atomic E-state index is 0. The molecule has 0 aromatic carbocycles. The van der Waals surface area contributed by atoms with Gasteiger partial charge in [-0.15, -0.1) is 0 Å². The molecule has 0 aromatic heterocycles. The van der Waals surface area contributed by atoms with E-state index in [-0.39, 0.29) is 12.4 Å². The quantitative estimate of drug-likeness (QED) is 0.285. The van der Waals surface area contributed by atoms with E-state index in [1.54, 1.807) is 12.2 Å².